The minimum Gasteiger partial charge on any atom is -0.293 e. The number of carbonyl (C=O) groups excluding carboxylic acids is 1. The van der Waals surface area contributed by atoms with E-state index in [0.29, 0.717) is 5.75 Å². The first-order valence-corrected chi connectivity index (χ1v) is 8.24. The summed E-state index contributed by atoms with van der Waals surface area (Å²) in [6.07, 6.45) is 0. The summed E-state index contributed by atoms with van der Waals surface area (Å²) < 4.78 is 1.05. The third-order valence-electron chi connectivity index (χ3n) is 3.14. The van der Waals surface area contributed by atoms with Crippen molar-refractivity contribution in [2.75, 3.05) is 5.75 Å². The lowest BCUT2D eigenvalue weighted by atomic mass is 9.97. The number of hydrogen-bond acceptors (Lipinski definition) is 2. The van der Waals surface area contributed by atoms with Crippen LogP contribution < -0.4 is 0 Å². The van der Waals surface area contributed by atoms with Gasteiger partial charge in [-0.1, -0.05) is 33.6 Å². The third kappa shape index (κ3) is 3.74. The predicted octanol–water partition coefficient (Wildman–Crippen LogP) is 5.35. The van der Waals surface area contributed by atoms with Crippen LogP contribution in [0.1, 0.15) is 27.0 Å². The first-order chi connectivity index (χ1) is 9.47. The van der Waals surface area contributed by atoms with Crippen LogP contribution in [0.4, 0.5) is 0 Å². The molecule has 0 fully saturated rings. The molecule has 1 nitrogen and oxygen atoms in total. The maximum absolute atomic E-state index is 12.4. The molecule has 0 bridgehead atoms. The Labute approximate surface area is 132 Å². The fraction of sp³-hybridized carbons (Fsp3) is 0.235. The summed E-state index contributed by atoms with van der Waals surface area (Å²) in [6, 6.07) is 12.2. The summed E-state index contributed by atoms with van der Waals surface area (Å²) in [5, 5.41) is 0. The van der Waals surface area contributed by atoms with Crippen molar-refractivity contribution in [2.45, 2.75) is 25.7 Å². The molecule has 2 rings (SSSR count). The molecule has 3 heteroatoms. The number of aryl methyl sites for hydroxylation is 3. The van der Waals surface area contributed by atoms with E-state index in [-0.39, 0.29) is 5.78 Å². The second kappa shape index (κ2) is 6.59. The van der Waals surface area contributed by atoms with E-state index in [1.54, 1.807) is 11.8 Å². The molecule has 0 amide bonds. The second-order valence-corrected chi connectivity index (χ2v) is 6.90. The van der Waals surface area contributed by atoms with Gasteiger partial charge in [-0.25, -0.2) is 0 Å². The highest BCUT2D eigenvalue weighted by Crippen LogP contribution is 2.24. The smallest absolute Gasteiger partial charge is 0.173 e. The highest BCUT2D eigenvalue weighted by molar-refractivity contribution is 9.10. The first-order valence-electron chi connectivity index (χ1n) is 6.47. The Morgan fingerprint density at radius 2 is 1.60 bits per heavy atom. The molecule has 2 aromatic rings. The molecule has 0 spiro atoms. The molecule has 0 saturated heterocycles. The van der Waals surface area contributed by atoms with Crippen molar-refractivity contribution in [3.05, 3.63) is 63.1 Å². The molecule has 0 aliphatic rings. The van der Waals surface area contributed by atoms with Gasteiger partial charge in [0.25, 0.3) is 0 Å². The molecule has 0 heterocycles. The molecule has 0 N–H and O–H groups in total. The highest BCUT2D eigenvalue weighted by atomic mass is 79.9. The van der Waals surface area contributed by atoms with Crippen molar-refractivity contribution in [2.24, 2.45) is 0 Å². The summed E-state index contributed by atoms with van der Waals surface area (Å²) in [5.74, 6) is 0.680. The van der Waals surface area contributed by atoms with Gasteiger partial charge in [-0.2, -0.15) is 0 Å². The van der Waals surface area contributed by atoms with Gasteiger partial charge in [-0.15, -0.1) is 11.8 Å². The van der Waals surface area contributed by atoms with Gasteiger partial charge in [0.1, 0.15) is 0 Å². The van der Waals surface area contributed by atoms with Crippen LogP contribution in [-0.2, 0) is 0 Å². The largest absolute Gasteiger partial charge is 0.293 e. The molecule has 0 radical (unpaired) electrons. The van der Waals surface area contributed by atoms with Crippen molar-refractivity contribution in [3.63, 3.8) is 0 Å². The maximum Gasteiger partial charge on any atom is 0.173 e. The number of thioether (sulfide) groups is 1. The molecule has 0 aliphatic heterocycles. The first kappa shape index (κ1) is 15.3. The number of benzene rings is 2. The topological polar surface area (TPSA) is 17.1 Å². The summed E-state index contributed by atoms with van der Waals surface area (Å²) >= 11 is 5.00. The standard InChI is InChI=1S/C17H17BrOS/c1-11-8-12(2)17(13(3)9-11)16(19)10-20-15-6-4-14(18)5-7-15/h4-9H,10H2,1-3H3. The van der Waals surface area contributed by atoms with Crippen LogP contribution in [0.15, 0.2) is 45.8 Å². The van der Waals surface area contributed by atoms with Gasteiger partial charge in [0, 0.05) is 14.9 Å². The number of rotatable bonds is 4. The van der Waals surface area contributed by atoms with Gasteiger partial charge in [-0.05, 0) is 56.2 Å². The molecule has 2 aromatic carbocycles. The van der Waals surface area contributed by atoms with E-state index in [0.717, 1.165) is 26.1 Å². The van der Waals surface area contributed by atoms with E-state index in [1.807, 2.05) is 38.1 Å². The van der Waals surface area contributed by atoms with Crippen LogP contribution in [0.3, 0.4) is 0 Å². The number of halogens is 1. The Bertz CT molecular complexity index is 609. The average molecular weight is 349 g/mol. The molecular formula is C17H17BrOS. The van der Waals surface area contributed by atoms with Gasteiger partial charge < -0.3 is 0 Å². The van der Waals surface area contributed by atoms with Gasteiger partial charge in [0.2, 0.25) is 0 Å². The molecular weight excluding hydrogens is 332 g/mol. The molecule has 0 atom stereocenters. The molecule has 0 aromatic heterocycles. The number of hydrogen-bond donors (Lipinski definition) is 0. The van der Waals surface area contributed by atoms with Gasteiger partial charge in [-0.3, -0.25) is 4.79 Å². The Kier molecular flexibility index (Phi) is 5.06. The fourth-order valence-electron chi connectivity index (χ4n) is 2.37. The van der Waals surface area contributed by atoms with Gasteiger partial charge >= 0.3 is 0 Å². The minimum atomic E-state index is 0.202. The normalized spacial score (nSPS) is 10.6. The number of Topliss-reactive ketones (excluding diaryl/α,β-unsaturated/α-hetero) is 1. The maximum atomic E-state index is 12.4. The Morgan fingerprint density at radius 3 is 2.15 bits per heavy atom. The molecule has 104 valence electrons. The van der Waals surface area contributed by atoms with Gasteiger partial charge in [0.15, 0.2) is 5.78 Å². The zero-order valence-electron chi connectivity index (χ0n) is 11.9. The van der Waals surface area contributed by atoms with E-state index in [4.69, 9.17) is 0 Å². The van der Waals surface area contributed by atoms with Crippen molar-refractivity contribution < 1.29 is 4.79 Å². The van der Waals surface area contributed by atoms with E-state index < -0.39 is 0 Å². The molecule has 0 unspecified atom stereocenters. The average Bonchev–Trinajstić information content (AvgIpc) is 2.37. The zero-order chi connectivity index (χ0) is 14.7. The van der Waals surface area contributed by atoms with Crippen LogP contribution in [0, 0.1) is 20.8 Å². The van der Waals surface area contributed by atoms with E-state index in [9.17, 15) is 4.79 Å². The second-order valence-electron chi connectivity index (χ2n) is 4.94. The summed E-state index contributed by atoms with van der Waals surface area (Å²) in [4.78, 5) is 13.5. The van der Waals surface area contributed by atoms with Crippen molar-refractivity contribution >= 4 is 33.5 Å². The van der Waals surface area contributed by atoms with Crippen LogP contribution in [0.25, 0.3) is 0 Å². The Morgan fingerprint density at radius 1 is 1.05 bits per heavy atom. The Balaban J connectivity index is 2.11. The lowest BCUT2D eigenvalue weighted by Crippen LogP contribution is -2.07. The monoisotopic (exact) mass is 348 g/mol. The Hall–Kier alpha value is -1.06. The quantitative estimate of drug-likeness (QED) is 0.547. The van der Waals surface area contributed by atoms with Crippen LogP contribution in [-0.4, -0.2) is 11.5 Å². The number of ketones is 1. The minimum absolute atomic E-state index is 0.202. The summed E-state index contributed by atoms with van der Waals surface area (Å²) in [6.45, 7) is 6.08. The fourth-order valence-corrected chi connectivity index (χ4v) is 3.41. The predicted molar refractivity (Wildman–Crippen MR) is 89.8 cm³/mol. The van der Waals surface area contributed by atoms with E-state index in [2.05, 4.69) is 35.0 Å². The SMILES string of the molecule is Cc1cc(C)c(C(=O)CSc2ccc(Br)cc2)c(C)c1. The van der Waals surface area contributed by atoms with E-state index >= 15 is 0 Å². The highest BCUT2D eigenvalue weighted by Gasteiger charge is 2.13. The van der Waals surface area contributed by atoms with E-state index in [1.165, 1.54) is 5.56 Å². The zero-order valence-corrected chi connectivity index (χ0v) is 14.3. The van der Waals surface area contributed by atoms with Crippen LogP contribution in [0.2, 0.25) is 0 Å². The third-order valence-corrected chi connectivity index (χ3v) is 4.68. The van der Waals surface area contributed by atoms with Gasteiger partial charge in [0.05, 0.1) is 5.75 Å². The summed E-state index contributed by atoms with van der Waals surface area (Å²) in [5.41, 5.74) is 4.23. The number of carbonyl (C=O) groups is 1. The van der Waals surface area contributed by atoms with Crippen LogP contribution in [0.5, 0.6) is 0 Å². The van der Waals surface area contributed by atoms with Crippen molar-refractivity contribution in [3.8, 4) is 0 Å². The lowest BCUT2D eigenvalue weighted by molar-refractivity contribution is 0.102. The molecule has 20 heavy (non-hydrogen) atoms. The summed E-state index contributed by atoms with van der Waals surface area (Å²) in [7, 11) is 0. The lowest BCUT2D eigenvalue weighted by Gasteiger charge is -2.10. The van der Waals surface area contributed by atoms with Crippen molar-refractivity contribution in [1.29, 1.82) is 0 Å². The van der Waals surface area contributed by atoms with Crippen LogP contribution >= 0.6 is 27.7 Å². The molecule has 0 saturated carbocycles. The molecule has 0 aliphatic carbocycles. The van der Waals surface area contributed by atoms with Crippen molar-refractivity contribution in [1.82, 2.24) is 0 Å².